The third-order valence-corrected chi connectivity index (χ3v) is 4.87. The molecule has 0 atom stereocenters. The van der Waals surface area contributed by atoms with Crippen LogP contribution in [-0.2, 0) is 10.1 Å². The van der Waals surface area contributed by atoms with Gasteiger partial charge in [-0.1, -0.05) is 13.3 Å². The Morgan fingerprint density at radius 2 is 0.844 bits per heavy atom. The van der Waals surface area contributed by atoms with Crippen LogP contribution in [0.25, 0.3) is 0 Å². The lowest BCUT2D eigenvalue weighted by atomic mass is 9.88. The van der Waals surface area contributed by atoms with Crippen molar-refractivity contribution >= 4 is 10.1 Å². The van der Waals surface area contributed by atoms with Crippen molar-refractivity contribution in [2.24, 2.45) is 0 Å². The summed E-state index contributed by atoms with van der Waals surface area (Å²) in [5.41, 5.74) is 0. The van der Waals surface area contributed by atoms with Gasteiger partial charge in [-0.3, -0.25) is 4.55 Å². The summed E-state index contributed by atoms with van der Waals surface area (Å²) in [4.78, 5) is 0. The van der Waals surface area contributed by atoms with Gasteiger partial charge in [0.05, 0.1) is 0 Å². The molecule has 0 spiro atoms. The molecule has 32 heavy (non-hydrogen) atoms. The Kier molecular flexibility index (Phi) is 7.63. The van der Waals surface area contributed by atoms with E-state index in [2.05, 4.69) is 0 Å². The van der Waals surface area contributed by atoms with Crippen molar-refractivity contribution in [3.05, 3.63) is 0 Å². The van der Waals surface area contributed by atoms with Crippen LogP contribution < -0.4 is 0 Å². The minimum absolute atomic E-state index is 0.501. The Labute approximate surface area is 167 Å². The first kappa shape index (κ1) is 30.8. The summed E-state index contributed by atoms with van der Waals surface area (Å²) >= 11 is 0. The largest absolute Gasteiger partial charge is 0.438 e. The van der Waals surface area contributed by atoms with Gasteiger partial charge in [0.2, 0.25) is 0 Å². The van der Waals surface area contributed by atoms with Gasteiger partial charge >= 0.3 is 56.8 Å². The standard InChI is InChI=1S/C12H10F16O3S/c1-2-3-4-5(13,14)6(15,16)7(17,18)8(19,20)9(21,22)10(23,24)11(25,26)12(27,28)32(29,30)31/h2-4H2,1H3,(H,29,30,31). The van der Waals surface area contributed by atoms with Crippen LogP contribution in [-0.4, -0.2) is 59.7 Å². The van der Waals surface area contributed by atoms with Crippen LogP contribution in [0.4, 0.5) is 70.2 Å². The molecule has 0 saturated carbocycles. The molecule has 0 bridgehead atoms. The molecule has 194 valence electrons. The summed E-state index contributed by atoms with van der Waals surface area (Å²) < 4.78 is 241. The predicted octanol–water partition coefficient (Wildman–Crippen LogP) is 6.10. The first-order valence-corrected chi connectivity index (χ1v) is 8.99. The zero-order chi connectivity index (χ0) is 26.6. The number of rotatable bonds is 11. The van der Waals surface area contributed by atoms with Gasteiger partial charge in [0, 0.05) is 6.42 Å². The molecular formula is C12H10F16O3S. The second-order valence-corrected chi connectivity index (χ2v) is 7.71. The number of alkyl halides is 16. The van der Waals surface area contributed by atoms with Gasteiger partial charge in [0.15, 0.2) is 0 Å². The Bertz CT molecular complexity index is 788. The van der Waals surface area contributed by atoms with E-state index in [1.165, 1.54) is 0 Å². The fourth-order valence-electron chi connectivity index (χ4n) is 1.92. The van der Waals surface area contributed by atoms with Gasteiger partial charge in [-0.15, -0.1) is 0 Å². The van der Waals surface area contributed by atoms with Gasteiger partial charge in [-0.05, 0) is 6.42 Å². The highest BCUT2D eigenvalue weighted by atomic mass is 32.2. The van der Waals surface area contributed by atoms with Gasteiger partial charge in [-0.25, -0.2) is 0 Å². The summed E-state index contributed by atoms with van der Waals surface area (Å²) in [7, 11) is -7.84. The minimum Gasteiger partial charge on any atom is -0.281 e. The van der Waals surface area contributed by atoms with E-state index in [0.29, 0.717) is 0 Å². The van der Waals surface area contributed by atoms with Crippen molar-refractivity contribution in [1.82, 2.24) is 0 Å². The average Bonchev–Trinajstić information content (AvgIpc) is 2.57. The third-order valence-electron chi connectivity index (χ3n) is 3.96. The molecule has 0 aliphatic rings. The normalized spacial score (nSPS) is 16.4. The molecule has 0 unspecified atom stereocenters. The van der Waals surface area contributed by atoms with Crippen molar-refractivity contribution in [2.45, 2.75) is 72.9 Å². The highest BCUT2D eigenvalue weighted by molar-refractivity contribution is 7.87. The van der Waals surface area contributed by atoms with Crippen LogP contribution in [0.3, 0.4) is 0 Å². The highest BCUT2D eigenvalue weighted by Crippen LogP contribution is 2.64. The van der Waals surface area contributed by atoms with Gasteiger partial charge in [0.25, 0.3) is 0 Å². The lowest BCUT2D eigenvalue weighted by Crippen LogP contribution is -2.75. The Hall–Kier alpha value is -1.21. The lowest BCUT2D eigenvalue weighted by Gasteiger charge is -2.43. The number of hydrogen-bond acceptors (Lipinski definition) is 2. The summed E-state index contributed by atoms with van der Waals surface area (Å²) in [5, 5.41) is -7.77. The minimum atomic E-state index is -8.73. The SMILES string of the molecule is CCCCC(F)(F)C(F)(F)C(F)(F)C(F)(F)C(F)(F)C(F)(F)C(F)(F)C(F)(F)S(=O)(=O)O. The van der Waals surface area contributed by atoms with Crippen molar-refractivity contribution in [2.75, 3.05) is 0 Å². The van der Waals surface area contributed by atoms with Gasteiger partial charge in [-0.2, -0.15) is 78.7 Å². The van der Waals surface area contributed by atoms with E-state index in [1.54, 1.807) is 0 Å². The van der Waals surface area contributed by atoms with E-state index in [0.717, 1.165) is 6.92 Å². The molecule has 0 aromatic heterocycles. The summed E-state index contributed by atoms with van der Waals surface area (Å²) in [6.45, 7) is 0.965. The molecule has 0 aliphatic carbocycles. The molecule has 0 aromatic carbocycles. The number of halogens is 16. The van der Waals surface area contributed by atoms with Gasteiger partial charge in [0.1, 0.15) is 0 Å². The number of hydrogen-bond donors (Lipinski definition) is 1. The topological polar surface area (TPSA) is 54.4 Å². The Morgan fingerprint density at radius 3 is 1.12 bits per heavy atom. The van der Waals surface area contributed by atoms with Crippen LogP contribution in [0.2, 0.25) is 0 Å². The first-order valence-electron chi connectivity index (χ1n) is 7.55. The molecule has 1 N–H and O–H groups in total. The highest BCUT2D eigenvalue weighted by Gasteiger charge is 2.95. The molecule has 0 fully saturated rings. The van der Waals surface area contributed by atoms with E-state index >= 15 is 0 Å². The third kappa shape index (κ3) is 3.87. The fraction of sp³-hybridized carbons (Fsp3) is 1.00. The van der Waals surface area contributed by atoms with E-state index in [1.807, 2.05) is 0 Å². The number of unbranched alkanes of at least 4 members (excludes halogenated alkanes) is 1. The molecule has 0 saturated heterocycles. The van der Waals surface area contributed by atoms with E-state index in [-0.39, 0.29) is 0 Å². The monoisotopic (exact) mass is 538 g/mol. The molecule has 0 amide bonds. The molecule has 0 rings (SSSR count). The van der Waals surface area contributed by atoms with Crippen LogP contribution in [0.5, 0.6) is 0 Å². The van der Waals surface area contributed by atoms with Crippen LogP contribution in [0, 0.1) is 0 Å². The summed E-state index contributed by atoms with van der Waals surface area (Å²) in [6, 6.07) is 0. The van der Waals surface area contributed by atoms with E-state index < -0.39 is 76.1 Å². The second kappa shape index (κ2) is 7.93. The summed E-state index contributed by atoms with van der Waals surface area (Å²) in [6.07, 6.45) is -4.06. The van der Waals surface area contributed by atoms with Crippen molar-refractivity contribution in [1.29, 1.82) is 0 Å². The molecule has 0 aliphatic heterocycles. The first-order chi connectivity index (χ1) is 13.6. The molecule has 3 nitrogen and oxygen atoms in total. The Morgan fingerprint density at radius 1 is 0.562 bits per heavy atom. The molecule has 0 heterocycles. The summed E-state index contributed by atoms with van der Waals surface area (Å²) in [5.74, 6) is -56.6. The average molecular weight is 538 g/mol. The molecule has 20 heteroatoms. The van der Waals surface area contributed by atoms with Crippen molar-refractivity contribution < 1.29 is 83.2 Å². The van der Waals surface area contributed by atoms with E-state index in [4.69, 9.17) is 4.55 Å². The predicted molar refractivity (Wildman–Crippen MR) is 70.6 cm³/mol. The zero-order valence-electron chi connectivity index (χ0n) is 14.8. The maximum absolute atomic E-state index is 13.5. The zero-order valence-corrected chi connectivity index (χ0v) is 15.7. The quantitative estimate of drug-likeness (QED) is 0.256. The maximum Gasteiger partial charge on any atom is 0.438 e. The maximum atomic E-state index is 13.5. The van der Waals surface area contributed by atoms with Crippen molar-refractivity contribution in [3.8, 4) is 0 Å². The van der Waals surface area contributed by atoms with Crippen LogP contribution in [0.15, 0.2) is 0 Å². The van der Waals surface area contributed by atoms with Crippen LogP contribution >= 0.6 is 0 Å². The molecule has 0 aromatic rings. The molecule has 0 radical (unpaired) electrons. The van der Waals surface area contributed by atoms with Gasteiger partial charge < -0.3 is 0 Å². The Balaban J connectivity index is 6.85. The van der Waals surface area contributed by atoms with Crippen LogP contribution in [0.1, 0.15) is 26.2 Å². The lowest BCUT2D eigenvalue weighted by molar-refractivity contribution is -0.449. The smallest absolute Gasteiger partial charge is 0.281 e. The molecular weight excluding hydrogens is 528 g/mol. The fourth-order valence-corrected chi connectivity index (χ4v) is 2.37. The second-order valence-electron chi connectivity index (χ2n) is 6.25. The van der Waals surface area contributed by atoms with Crippen molar-refractivity contribution in [3.63, 3.8) is 0 Å². The van der Waals surface area contributed by atoms with E-state index in [9.17, 15) is 78.7 Å².